The number of amides is 1. The number of rotatable bonds is 3. The first kappa shape index (κ1) is 15.1. The number of carbonyl (C=O) groups excluding carboxylic acids is 1. The molecule has 3 aromatic heterocycles. The lowest BCUT2D eigenvalue weighted by atomic mass is 10.2. The summed E-state index contributed by atoms with van der Waals surface area (Å²) in [5.74, 6) is -1.74. The summed E-state index contributed by atoms with van der Waals surface area (Å²) in [5, 5.41) is 7.71. The highest BCUT2D eigenvalue weighted by molar-refractivity contribution is 5.94. The van der Waals surface area contributed by atoms with Crippen LogP contribution >= 0.6 is 0 Å². The third-order valence-corrected chi connectivity index (χ3v) is 3.19. The Hall–Kier alpha value is -2.84. The monoisotopic (exact) mass is 323 g/mol. The standard InChI is InChI=1S/C14H12F3N5O/c1-8-4-10-3-2-9(7-22(10)6-8)12(23)18-5-11-19-13(21-20-11)14(15,16)17/h2-4,6-7H,5H2,1H3,(H,18,23)(H,19,20,21). The molecule has 120 valence electrons. The molecular formula is C14H12F3N5O. The zero-order valence-corrected chi connectivity index (χ0v) is 12.0. The Morgan fingerprint density at radius 3 is 2.83 bits per heavy atom. The average Bonchev–Trinajstić information content (AvgIpc) is 3.08. The fraction of sp³-hybridized carbons (Fsp3) is 0.214. The summed E-state index contributed by atoms with van der Waals surface area (Å²) in [6, 6.07) is 5.40. The molecule has 0 atom stereocenters. The molecule has 0 saturated carbocycles. The molecule has 0 aromatic carbocycles. The number of H-pyrrole nitrogens is 1. The normalized spacial score (nSPS) is 11.8. The summed E-state index contributed by atoms with van der Waals surface area (Å²) in [5.41, 5.74) is 2.40. The second-order valence-corrected chi connectivity index (χ2v) is 5.05. The fourth-order valence-corrected chi connectivity index (χ4v) is 2.15. The predicted octanol–water partition coefficient (Wildman–Crippen LogP) is 2.31. The smallest absolute Gasteiger partial charge is 0.345 e. The summed E-state index contributed by atoms with van der Waals surface area (Å²) in [4.78, 5) is 15.4. The first-order valence-corrected chi connectivity index (χ1v) is 6.68. The average molecular weight is 323 g/mol. The van der Waals surface area contributed by atoms with Crippen molar-refractivity contribution in [3.05, 3.63) is 53.4 Å². The van der Waals surface area contributed by atoms with Gasteiger partial charge in [0.2, 0.25) is 0 Å². The highest BCUT2D eigenvalue weighted by atomic mass is 19.4. The van der Waals surface area contributed by atoms with E-state index in [-0.39, 0.29) is 12.4 Å². The van der Waals surface area contributed by atoms with E-state index < -0.39 is 17.9 Å². The van der Waals surface area contributed by atoms with Crippen molar-refractivity contribution in [2.45, 2.75) is 19.6 Å². The van der Waals surface area contributed by atoms with Crippen LogP contribution in [0.3, 0.4) is 0 Å². The van der Waals surface area contributed by atoms with Gasteiger partial charge in [0.25, 0.3) is 11.7 Å². The van der Waals surface area contributed by atoms with Crippen LogP contribution < -0.4 is 5.32 Å². The number of carbonyl (C=O) groups is 1. The zero-order valence-electron chi connectivity index (χ0n) is 12.0. The molecule has 6 nitrogen and oxygen atoms in total. The van der Waals surface area contributed by atoms with Crippen molar-refractivity contribution in [2.24, 2.45) is 0 Å². The molecule has 0 saturated heterocycles. The first-order valence-electron chi connectivity index (χ1n) is 6.68. The topological polar surface area (TPSA) is 75.1 Å². The van der Waals surface area contributed by atoms with E-state index in [9.17, 15) is 18.0 Å². The van der Waals surface area contributed by atoms with Crippen LogP contribution in [-0.4, -0.2) is 25.5 Å². The molecule has 3 heterocycles. The number of nitrogens with one attached hydrogen (secondary N) is 2. The Morgan fingerprint density at radius 1 is 1.35 bits per heavy atom. The van der Waals surface area contributed by atoms with Crippen LogP contribution in [0, 0.1) is 6.92 Å². The highest BCUT2D eigenvalue weighted by Crippen LogP contribution is 2.25. The van der Waals surface area contributed by atoms with Gasteiger partial charge in [-0.15, -0.1) is 5.10 Å². The molecule has 0 unspecified atom stereocenters. The van der Waals surface area contributed by atoms with E-state index in [1.165, 1.54) is 0 Å². The zero-order chi connectivity index (χ0) is 16.6. The van der Waals surface area contributed by atoms with E-state index in [0.717, 1.165) is 11.1 Å². The van der Waals surface area contributed by atoms with Crippen molar-refractivity contribution >= 4 is 11.4 Å². The van der Waals surface area contributed by atoms with Crippen LogP contribution in [0.1, 0.15) is 27.6 Å². The van der Waals surface area contributed by atoms with Crippen LogP contribution in [0.4, 0.5) is 13.2 Å². The maximum Gasteiger partial charge on any atom is 0.453 e. The second-order valence-electron chi connectivity index (χ2n) is 5.05. The number of pyridine rings is 1. The number of aromatic amines is 1. The van der Waals surface area contributed by atoms with Crippen molar-refractivity contribution in [1.29, 1.82) is 0 Å². The van der Waals surface area contributed by atoms with Crippen molar-refractivity contribution in [3.63, 3.8) is 0 Å². The minimum absolute atomic E-state index is 0.0661. The molecule has 0 spiro atoms. The minimum atomic E-state index is -4.62. The van der Waals surface area contributed by atoms with Gasteiger partial charge in [-0.2, -0.15) is 13.2 Å². The molecule has 0 radical (unpaired) electrons. The van der Waals surface area contributed by atoms with E-state index in [2.05, 4.69) is 20.5 Å². The number of hydrogen-bond donors (Lipinski definition) is 2. The van der Waals surface area contributed by atoms with Gasteiger partial charge < -0.3 is 9.72 Å². The predicted molar refractivity (Wildman–Crippen MR) is 74.7 cm³/mol. The van der Waals surface area contributed by atoms with E-state index in [1.807, 2.05) is 19.2 Å². The first-order chi connectivity index (χ1) is 10.8. The fourth-order valence-electron chi connectivity index (χ4n) is 2.15. The molecule has 0 aliphatic heterocycles. The lowest BCUT2D eigenvalue weighted by molar-refractivity contribution is -0.144. The minimum Gasteiger partial charge on any atom is -0.345 e. The van der Waals surface area contributed by atoms with Crippen LogP contribution in [0.25, 0.3) is 5.52 Å². The number of halogens is 3. The highest BCUT2D eigenvalue weighted by Gasteiger charge is 2.35. The van der Waals surface area contributed by atoms with Gasteiger partial charge in [0.1, 0.15) is 5.82 Å². The van der Waals surface area contributed by atoms with Gasteiger partial charge in [0, 0.05) is 17.9 Å². The van der Waals surface area contributed by atoms with Gasteiger partial charge in [-0.1, -0.05) is 0 Å². The summed E-state index contributed by atoms with van der Waals surface area (Å²) in [6.07, 6.45) is -1.09. The number of nitrogens with zero attached hydrogens (tertiary/aromatic N) is 3. The van der Waals surface area contributed by atoms with Gasteiger partial charge in [-0.25, -0.2) is 4.98 Å². The van der Waals surface area contributed by atoms with Gasteiger partial charge in [0.05, 0.1) is 12.1 Å². The SMILES string of the molecule is Cc1cc2ccc(C(=O)NCc3nc(C(F)(F)F)n[nH]3)cn2c1. The molecule has 9 heteroatoms. The quantitative estimate of drug-likeness (QED) is 0.777. The molecule has 3 aromatic rings. The summed E-state index contributed by atoms with van der Waals surface area (Å²) < 4.78 is 38.9. The molecule has 2 N–H and O–H groups in total. The molecule has 0 fully saturated rings. The Bertz CT molecular complexity index is 865. The summed E-state index contributed by atoms with van der Waals surface area (Å²) in [6.45, 7) is 1.76. The molecule has 0 aliphatic rings. The lowest BCUT2D eigenvalue weighted by Crippen LogP contribution is -2.23. The van der Waals surface area contributed by atoms with Crippen molar-refractivity contribution < 1.29 is 18.0 Å². The second kappa shape index (κ2) is 5.41. The van der Waals surface area contributed by atoms with Gasteiger partial charge in [-0.05, 0) is 30.7 Å². The van der Waals surface area contributed by atoms with Crippen LogP contribution in [0.2, 0.25) is 0 Å². The van der Waals surface area contributed by atoms with Crippen LogP contribution in [0.15, 0.2) is 30.6 Å². The van der Waals surface area contributed by atoms with Crippen LogP contribution in [-0.2, 0) is 12.7 Å². The van der Waals surface area contributed by atoms with Crippen molar-refractivity contribution in [1.82, 2.24) is 24.9 Å². The molecule has 23 heavy (non-hydrogen) atoms. The third-order valence-electron chi connectivity index (χ3n) is 3.19. The van der Waals surface area contributed by atoms with E-state index >= 15 is 0 Å². The number of alkyl halides is 3. The Labute approximate surface area is 128 Å². The number of aryl methyl sites for hydroxylation is 1. The Morgan fingerprint density at radius 2 is 2.13 bits per heavy atom. The maximum absolute atomic E-state index is 12.4. The van der Waals surface area contributed by atoms with Crippen LogP contribution in [0.5, 0.6) is 0 Å². The van der Waals surface area contributed by atoms with Gasteiger partial charge >= 0.3 is 6.18 Å². The van der Waals surface area contributed by atoms with E-state index in [1.54, 1.807) is 22.7 Å². The van der Waals surface area contributed by atoms with Gasteiger partial charge in [0.15, 0.2) is 0 Å². The van der Waals surface area contributed by atoms with E-state index in [4.69, 9.17) is 0 Å². The van der Waals surface area contributed by atoms with Crippen molar-refractivity contribution in [2.75, 3.05) is 0 Å². The molecule has 1 amide bonds. The Kier molecular flexibility index (Phi) is 3.55. The maximum atomic E-state index is 12.4. The third kappa shape index (κ3) is 3.17. The Balaban J connectivity index is 1.69. The molecule has 3 rings (SSSR count). The molecule has 0 bridgehead atoms. The molecular weight excluding hydrogens is 311 g/mol. The summed E-state index contributed by atoms with van der Waals surface area (Å²) in [7, 11) is 0. The summed E-state index contributed by atoms with van der Waals surface area (Å²) >= 11 is 0. The number of fused-ring (bicyclic) bond motifs is 1. The van der Waals surface area contributed by atoms with Crippen molar-refractivity contribution in [3.8, 4) is 0 Å². The lowest BCUT2D eigenvalue weighted by Gasteiger charge is -2.04. The molecule has 0 aliphatic carbocycles. The number of aromatic nitrogens is 4. The largest absolute Gasteiger partial charge is 0.453 e. The number of hydrogen-bond acceptors (Lipinski definition) is 3. The van der Waals surface area contributed by atoms with E-state index in [0.29, 0.717) is 5.56 Å². The van der Waals surface area contributed by atoms with Gasteiger partial charge in [-0.3, -0.25) is 9.89 Å².